The predicted molar refractivity (Wildman–Crippen MR) is 122 cm³/mol. The lowest BCUT2D eigenvalue weighted by Gasteiger charge is -2.20. The second-order valence-electron chi connectivity index (χ2n) is 8.40. The second kappa shape index (κ2) is 9.48. The Labute approximate surface area is 190 Å². The average molecular weight is 456 g/mol. The van der Waals surface area contributed by atoms with Gasteiger partial charge in [-0.2, -0.15) is 0 Å². The van der Waals surface area contributed by atoms with Crippen LogP contribution in [0.4, 0.5) is 0 Å². The minimum Gasteiger partial charge on any atom is -0.480 e. The van der Waals surface area contributed by atoms with Crippen molar-refractivity contribution in [3.63, 3.8) is 0 Å². The van der Waals surface area contributed by atoms with E-state index in [1.54, 1.807) is 26.2 Å². The molecule has 0 bridgehead atoms. The van der Waals surface area contributed by atoms with Crippen molar-refractivity contribution < 1.29 is 28.3 Å². The Balaban J connectivity index is 1.79. The highest BCUT2D eigenvalue weighted by atomic mass is 16.4. The molecular formula is C24H28N2O7. The Hall–Kier alpha value is -3.62. The van der Waals surface area contributed by atoms with Crippen LogP contribution in [-0.4, -0.2) is 35.5 Å². The lowest BCUT2D eigenvalue weighted by molar-refractivity contribution is -0.143. The molecule has 33 heavy (non-hydrogen) atoms. The number of carbonyl (C=O) groups is 3. The SMILES string of the molecule is CC[C@H](C)[C@@H](NC(=O)CNC(=O)Cc1c(C)c2c(cc(C)c3c(C)coc32)oc1=O)C(=O)O. The van der Waals surface area contributed by atoms with Crippen molar-refractivity contribution in [2.45, 2.75) is 53.5 Å². The van der Waals surface area contributed by atoms with Crippen LogP contribution in [0.25, 0.3) is 21.9 Å². The highest BCUT2D eigenvalue weighted by molar-refractivity contribution is 6.07. The zero-order valence-corrected chi connectivity index (χ0v) is 19.3. The number of carboxylic acid groups (broad SMARTS) is 1. The molecule has 0 aliphatic heterocycles. The summed E-state index contributed by atoms with van der Waals surface area (Å²) in [6, 6.07) is 0.732. The van der Waals surface area contributed by atoms with Crippen LogP contribution in [0.2, 0.25) is 0 Å². The summed E-state index contributed by atoms with van der Waals surface area (Å²) >= 11 is 0. The van der Waals surface area contributed by atoms with E-state index in [-0.39, 0.29) is 17.9 Å². The van der Waals surface area contributed by atoms with Crippen molar-refractivity contribution in [3.8, 4) is 0 Å². The van der Waals surface area contributed by atoms with Crippen LogP contribution >= 0.6 is 0 Å². The monoisotopic (exact) mass is 456 g/mol. The molecule has 3 N–H and O–H groups in total. The molecule has 2 heterocycles. The van der Waals surface area contributed by atoms with Gasteiger partial charge in [0.05, 0.1) is 30.2 Å². The summed E-state index contributed by atoms with van der Waals surface area (Å²) in [6.45, 7) is 8.70. The molecule has 3 rings (SSSR count). The van der Waals surface area contributed by atoms with Gasteiger partial charge in [-0.15, -0.1) is 0 Å². The number of carbonyl (C=O) groups excluding carboxylic acids is 2. The van der Waals surface area contributed by atoms with Gasteiger partial charge in [0, 0.05) is 5.39 Å². The predicted octanol–water partition coefficient (Wildman–Crippen LogP) is 2.74. The summed E-state index contributed by atoms with van der Waals surface area (Å²) in [7, 11) is 0. The molecule has 3 aromatic rings. The van der Waals surface area contributed by atoms with Crippen molar-refractivity contribution in [2.24, 2.45) is 5.92 Å². The first-order valence-corrected chi connectivity index (χ1v) is 10.8. The smallest absolute Gasteiger partial charge is 0.340 e. The maximum atomic E-state index is 12.6. The van der Waals surface area contributed by atoms with E-state index in [0.717, 1.165) is 16.5 Å². The third-order valence-electron chi connectivity index (χ3n) is 6.05. The fourth-order valence-corrected chi connectivity index (χ4v) is 3.99. The fraction of sp³-hybridized carbons (Fsp3) is 0.417. The molecule has 9 heteroatoms. The number of amides is 2. The van der Waals surface area contributed by atoms with E-state index in [4.69, 9.17) is 8.83 Å². The molecule has 1 aromatic carbocycles. The molecular weight excluding hydrogens is 428 g/mol. The molecule has 2 amide bonds. The lowest BCUT2D eigenvalue weighted by Crippen LogP contribution is -2.48. The van der Waals surface area contributed by atoms with Gasteiger partial charge in [0.2, 0.25) is 11.8 Å². The standard InChI is InChI=1S/C24H28N2O7/c1-6-11(2)21(23(29)30)26-18(28)9-25-17(27)8-15-14(5)20-16(33-24(15)31)7-12(3)19-13(4)10-32-22(19)20/h7,10-11,21H,6,8-9H2,1-5H3,(H,25,27)(H,26,28)(H,29,30)/t11-,21+/m0/s1. The third-order valence-corrected chi connectivity index (χ3v) is 6.05. The van der Waals surface area contributed by atoms with Gasteiger partial charge in [-0.1, -0.05) is 20.3 Å². The summed E-state index contributed by atoms with van der Waals surface area (Å²) in [4.78, 5) is 48.6. The number of rotatable bonds is 8. The number of furan rings is 1. The molecule has 0 fully saturated rings. The van der Waals surface area contributed by atoms with E-state index in [1.165, 1.54) is 0 Å². The molecule has 0 aliphatic carbocycles. The molecule has 176 valence electrons. The number of benzene rings is 1. The van der Waals surface area contributed by atoms with Crippen molar-refractivity contribution >= 4 is 39.7 Å². The average Bonchev–Trinajstić information content (AvgIpc) is 3.14. The third kappa shape index (κ3) is 4.76. The van der Waals surface area contributed by atoms with Crippen LogP contribution in [0.3, 0.4) is 0 Å². The Kier molecular flexibility index (Phi) is 6.90. The van der Waals surface area contributed by atoms with Gasteiger partial charge in [-0.05, 0) is 49.4 Å². The maximum absolute atomic E-state index is 12.6. The number of carboxylic acids is 1. The summed E-state index contributed by atoms with van der Waals surface area (Å²) in [6.07, 6.45) is 1.92. The molecule has 0 saturated carbocycles. The van der Waals surface area contributed by atoms with Crippen molar-refractivity contribution in [1.29, 1.82) is 0 Å². The minimum absolute atomic E-state index is 0.169. The first-order valence-electron chi connectivity index (χ1n) is 10.8. The van der Waals surface area contributed by atoms with E-state index in [1.807, 2.05) is 20.8 Å². The molecule has 0 spiro atoms. The van der Waals surface area contributed by atoms with Crippen molar-refractivity contribution in [2.75, 3.05) is 6.54 Å². The number of aryl methyl sites for hydroxylation is 3. The van der Waals surface area contributed by atoms with Gasteiger partial charge < -0.3 is 24.6 Å². The van der Waals surface area contributed by atoms with Crippen LogP contribution < -0.4 is 16.3 Å². The van der Waals surface area contributed by atoms with Crippen molar-refractivity contribution in [3.05, 3.63) is 45.0 Å². The maximum Gasteiger partial charge on any atom is 0.340 e. The first-order chi connectivity index (χ1) is 15.5. The lowest BCUT2D eigenvalue weighted by atomic mass is 9.98. The first kappa shape index (κ1) is 24.0. The number of hydrogen-bond donors (Lipinski definition) is 3. The van der Waals surface area contributed by atoms with Crippen LogP contribution in [-0.2, 0) is 20.8 Å². The van der Waals surface area contributed by atoms with Gasteiger partial charge in [0.15, 0.2) is 0 Å². The molecule has 0 aliphatic rings. The second-order valence-corrected chi connectivity index (χ2v) is 8.40. The largest absolute Gasteiger partial charge is 0.480 e. The van der Waals surface area contributed by atoms with Crippen LogP contribution in [0.15, 0.2) is 26.0 Å². The molecule has 2 aromatic heterocycles. The molecule has 9 nitrogen and oxygen atoms in total. The number of aliphatic carboxylic acids is 1. The van der Waals surface area contributed by atoms with Crippen LogP contribution in [0, 0.1) is 26.7 Å². The highest BCUT2D eigenvalue weighted by Gasteiger charge is 2.25. The Morgan fingerprint density at radius 3 is 2.42 bits per heavy atom. The van der Waals surface area contributed by atoms with Gasteiger partial charge in [0.25, 0.3) is 0 Å². The zero-order chi connectivity index (χ0) is 24.4. The van der Waals surface area contributed by atoms with E-state index < -0.39 is 36.0 Å². The molecule has 0 unspecified atom stereocenters. The van der Waals surface area contributed by atoms with Gasteiger partial charge >= 0.3 is 11.6 Å². The zero-order valence-electron chi connectivity index (χ0n) is 19.3. The van der Waals surface area contributed by atoms with E-state index in [0.29, 0.717) is 28.5 Å². The highest BCUT2D eigenvalue weighted by Crippen LogP contribution is 2.34. The Morgan fingerprint density at radius 1 is 1.09 bits per heavy atom. The van der Waals surface area contributed by atoms with Gasteiger partial charge in [0.1, 0.15) is 17.2 Å². The molecule has 0 radical (unpaired) electrons. The number of hydrogen-bond acceptors (Lipinski definition) is 6. The van der Waals surface area contributed by atoms with E-state index >= 15 is 0 Å². The topological polar surface area (TPSA) is 139 Å². The van der Waals surface area contributed by atoms with Crippen LogP contribution in [0.5, 0.6) is 0 Å². The number of fused-ring (bicyclic) bond motifs is 3. The molecule has 0 saturated heterocycles. The Bertz CT molecular complexity index is 1300. The van der Waals surface area contributed by atoms with Crippen molar-refractivity contribution in [1.82, 2.24) is 10.6 Å². The van der Waals surface area contributed by atoms with Gasteiger partial charge in [-0.25, -0.2) is 9.59 Å². The van der Waals surface area contributed by atoms with Crippen LogP contribution in [0.1, 0.15) is 42.5 Å². The summed E-state index contributed by atoms with van der Waals surface area (Å²) in [5.74, 6) is -2.59. The summed E-state index contributed by atoms with van der Waals surface area (Å²) in [5, 5.41) is 15.7. The summed E-state index contributed by atoms with van der Waals surface area (Å²) < 4.78 is 11.2. The minimum atomic E-state index is -1.14. The normalized spacial score (nSPS) is 13.1. The summed E-state index contributed by atoms with van der Waals surface area (Å²) in [5.41, 5.74) is 2.95. The molecule has 2 atom stereocenters. The van der Waals surface area contributed by atoms with E-state index in [9.17, 15) is 24.3 Å². The number of nitrogens with one attached hydrogen (secondary N) is 2. The fourth-order valence-electron chi connectivity index (χ4n) is 3.99. The quantitative estimate of drug-likeness (QED) is 0.443. The van der Waals surface area contributed by atoms with Gasteiger partial charge in [-0.3, -0.25) is 9.59 Å². The Morgan fingerprint density at radius 2 is 1.79 bits per heavy atom. The van der Waals surface area contributed by atoms with E-state index in [2.05, 4.69) is 10.6 Å².